The summed E-state index contributed by atoms with van der Waals surface area (Å²) in [5.74, 6) is 1.28. The fourth-order valence-corrected chi connectivity index (χ4v) is 2.61. The minimum absolute atomic E-state index is 0.0737. The Morgan fingerprint density at radius 2 is 1.90 bits per heavy atom. The molecule has 0 heterocycles. The molecule has 20 heavy (non-hydrogen) atoms. The van der Waals surface area contributed by atoms with Gasteiger partial charge in [0.25, 0.3) is 8.32 Å². The number of ether oxygens (including phenoxy) is 1. The van der Waals surface area contributed by atoms with Crippen LogP contribution in [0.2, 0.25) is 18.1 Å². The molecule has 0 aromatic heterocycles. The van der Waals surface area contributed by atoms with Gasteiger partial charge < -0.3 is 14.3 Å². The van der Waals surface area contributed by atoms with Crippen molar-refractivity contribution in [1.29, 1.82) is 0 Å². The maximum absolute atomic E-state index is 10.1. The van der Waals surface area contributed by atoms with Crippen LogP contribution in [0.1, 0.15) is 32.4 Å². The minimum Gasteiger partial charge on any atom is -0.541 e. The van der Waals surface area contributed by atoms with Gasteiger partial charge in [0.15, 0.2) is 11.5 Å². The van der Waals surface area contributed by atoms with Crippen molar-refractivity contribution >= 4 is 8.32 Å². The van der Waals surface area contributed by atoms with Gasteiger partial charge in [-0.1, -0.05) is 39.0 Å². The van der Waals surface area contributed by atoms with Gasteiger partial charge in [0.1, 0.15) is 6.10 Å². The third-order valence-electron chi connectivity index (χ3n) is 3.93. The molecule has 112 valence electrons. The zero-order valence-corrected chi connectivity index (χ0v) is 14.4. The molecule has 0 saturated heterocycles. The second kappa shape index (κ2) is 6.02. The topological polar surface area (TPSA) is 38.7 Å². The van der Waals surface area contributed by atoms with Crippen LogP contribution >= 0.6 is 0 Å². The van der Waals surface area contributed by atoms with E-state index in [1.54, 1.807) is 7.11 Å². The van der Waals surface area contributed by atoms with Crippen LogP contribution in [0.4, 0.5) is 0 Å². The third kappa shape index (κ3) is 3.44. The van der Waals surface area contributed by atoms with E-state index in [1.165, 1.54) is 6.08 Å². The summed E-state index contributed by atoms with van der Waals surface area (Å²) in [6.45, 7) is 14.5. The summed E-state index contributed by atoms with van der Waals surface area (Å²) in [7, 11) is -0.400. The second-order valence-electron chi connectivity index (χ2n) is 6.42. The highest BCUT2D eigenvalue weighted by Gasteiger charge is 2.40. The summed E-state index contributed by atoms with van der Waals surface area (Å²) in [5, 5.41) is 10.2. The van der Waals surface area contributed by atoms with Crippen molar-refractivity contribution in [2.75, 3.05) is 7.11 Å². The molecule has 0 spiro atoms. The molecule has 0 aliphatic heterocycles. The van der Waals surface area contributed by atoms with Gasteiger partial charge in [0, 0.05) is 5.56 Å². The smallest absolute Gasteiger partial charge is 0.250 e. The van der Waals surface area contributed by atoms with Gasteiger partial charge in [-0.15, -0.1) is 6.58 Å². The Balaban J connectivity index is 3.31. The summed E-state index contributed by atoms with van der Waals surface area (Å²) in [5.41, 5.74) is 0.698. The van der Waals surface area contributed by atoms with Gasteiger partial charge in [-0.25, -0.2) is 0 Å². The molecule has 1 aromatic rings. The van der Waals surface area contributed by atoms with E-state index in [4.69, 9.17) is 9.16 Å². The van der Waals surface area contributed by atoms with E-state index in [9.17, 15) is 5.11 Å². The van der Waals surface area contributed by atoms with E-state index in [0.717, 1.165) is 0 Å². The molecule has 0 radical (unpaired) electrons. The molecule has 1 atom stereocenters. The standard InChI is InChI=1S/C16H26O3Si/c1-8-13(17)12-10-9-11-14(18-5)15(12)19-20(6,7)16(2,3)4/h8-11,13,17H,1H2,2-7H3. The summed E-state index contributed by atoms with van der Waals surface area (Å²) in [4.78, 5) is 0. The third-order valence-corrected chi connectivity index (χ3v) is 8.26. The summed E-state index contributed by atoms with van der Waals surface area (Å²) in [6, 6.07) is 5.54. The number of para-hydroxylation sites is 1. The zero-order chi connectivity index (χ0) is 15.6. The predicted molar refractivity (Wildman–Crippen MR) is 86.0 cm³/mol. The van der Waals surface area contributed by atoms with Gasteiger partial charge in [-0.3, -0.25) is 0 Å². The van der Waals surface area contributed by atoms with Crippen molar-refractivity contribution < 1.29 is 14.3 Å². The van der Waals surface area contributed by atoms with Crippen LogP contribution in [0.25, 0.3) is 0 Å². The molecule has 3 nitrogen and oxygen atoms in total. The summed E-state index contributed by atoms with van der Waals surface area (Å²) < 4.78 is 11.7. The SMILES string of the molecule is C=CC(O)c1cccc(OC)c1O[Si](C)(C)C(C)(C)C. The Kier molecular flexibility index (Phi) is 5.05. The van der Waals surface area contributed by atoms with Crippen LogP contribution in [0.3, 0.4) is 0 Å². The first kappa shape index (κ1) is 16.8. The molecule has 0 saturated carbocycles. The van der Waals surface area contributed by atoms with Gasteiger partial charge in [0.05, 0.1) is 7.11 Å². The average Bonchev–Trinajstić information content (AvgIpc) is 2.36. The fourth-order valence-electron chi connectivity index (χ4n) is 1.57. The van der Waals surface area contributed by atoms with Crippen molar-refractivity contribution in [2.45, 2.75) is 45.0 Å². The van der Waals surface area contributed by atoms with Gasteiger partial charge in [-0.05, 0) is 24.2 Å². The van der Waals surface area contributed by atoms with Crippen LogP contribution in [-0.4, -0.2) is 20.5 Å². The molecule has 4 heteroatoms. The molecule has 1 unspecified atom stereocenters. The van der Waals surface area contributed by atoms with E-state index in [1.807, 2.05) is 18.2 Å². The zero-order valence-electron chi connectivity index (χ0n) is 13.4. The molecule has 0 aliphatic carbocycles. The first-order valence-corrected chi connectivity index (χ1v) is 9.71. The summed E-state index contributed by atoms with van der Waals surface area (Å²) in [6.07, 6.45) is 0.734. The lowest BCUT2D eigenvalue weighted by Crippen LogP contribution is -2.44. The quantitative estimate of drug-likeness (QED) is 0.650. The molecule has 1 N–H and O–H groups in total. The normalized spacial score (nSPS) is 13.8. The Bertz CT molecular complexity index is 475. The molecule has 1 aromatic carbocycles. The van der Waals surface area contributed by atoms with E-state index >= 15 is 0 Å². The lowest BCUT2D eigenvalue weighted by molar-refractivity contribution is 0.224. The van der Waals surface area contributed by atoms with Gasteiger partial charge >= 0.3 is 0 Å². The number of rotatable bonds is 5. The molecule has 1 rings (SSSR count). The fraction of sp³-hybridized carbons (Fsp3) is 0.500. The molecule has 0 aliphatic rings. The van der Waals surface area contributed by atoms with Gasteiger partial charge in [-0.2, -0.15) is 0 Å². The highest BCUT2D eigenvalue weighted by molar-refractivity contribution is 6.74. The van der Waals surface area contributed by atoms with Crippen LogP contribution < -0.4 is 9.16 Å². The van der Waals surface area contributed by atoms with E-state index < -0.39 is 14.4 Å². The van der Waals surface area contributed by atoms with E-state index in [0.29, 0.717) is 17.1 Å². The Morgan fingerprint density at radius 3 is 2.35 bits per heavy atom. The monoisotopic (exact) mass is 294 g/mol. The Morgan fingerprint density at radius 1 is 1.30 bits per heavy atom. The summed E-state index contributed by atoms with van der Waals surface area (Å²) >= 11 is 0. The van der Waals surface area contributed by atoms with Crippen molar-refractivity contribution in [3.63, 3.8) is 0 Å². The number of aliphatic hydroxyl groups is 1. The number of benzene rings is 1. The maximum atomic E-state index is 10.1. The lowest BCUT2D eigenvalue weighted by Gasteiger charge is -2.37. The second-order valence-corrected chi connectivity index (χ2v) is 11.1. The lowest BCUT2D eigenvalue weighted by atomic mass is 10.1. The molecular weight excluding hydrogens is 268 g/mol. The Labute approximate surface area is 123 Å². The minimum atomic E-state index is -2.01. The van der Waals surface area contributed by atoms with Crippen LogP contribution in [0.15, 0.2) is 30.9 Å². The molecule has 0 bridgehead atoms. The predicted octanol–water partition coefficient (Wildman–Crippen LogP) is 4.30. The first-order chi connectivity index (χ1) is 9.14. The average molecular weight is 294 g/mol. The van der Waals surface area contributed by atoms with Crippen molar-refractivity contribution in [2.24, 2.45) is 0 Å². The Hall–Kier alpha value is -1.26. The van der Waals surface area contributed by atoms with Crippen LogP contribution in [0.5, 0.6) is 11.5 Å². The largest absolute Gasteiger partial charge is 0.541 e. The maximum Gasteiger partial charge on any atom is 0.250 e. The van der Waals surface area contributed by atoms with E-state index in [2.05, 4.69) is 40.4 Å². The molecule has 0 fully saturated rings. The van der Waals surface area contributed by atoms with Crippen molar-refractivity contribution in [1.82, 2.24) is 0 Å². The van der Waals surface area contributed by atoms with E-state index in [-0.39, 0.29) is 5.04 Å². The highest BCUT2D eigenvalue weighted by Crippen LogP contribution is 2.42. The molecule has 0 amide bonds. The number of aliphatic hydroxyl groups excluding tert-OH is 1. The number of hydrogen-bond donors (Lipinski definition) is 1. The van der Waals surface area contributed by atoms with Crippen LogP contribution in [0, 0.1) is 0 Å². The number of hydrogen-bond acceptors (Lipinski definition) is 3. The first-order valence-electron chi connectivity index (χ1n) is 6.80. The highest BCUT2D eigenvalue weighted by atomic mass is 28.4. The molecular formula is C16H26O3Si. The van der Waals surface area contributed by atoms with Gasteiger partial charge in [0.2, 0.25) is 0 Å². The van der Waals surface area contributed by atoms with Crippen molar-refractivity contribution in [3.05, 3.63) is 36.4 Å². The van der Waals surface area contributed by atoms with Crippen molar-refractivity contribution in [3.8, 4) is 11.5 Å². The number of methoxy groups -OCH3 is 1. The van der Waals surface area contributed by atoms with Crippen LogP contribution in [-0.2, 0) is 0 Å².